The lowest BCUT2D eigenvalue weighted by molar-refractivity contribution is 0.623. The van der Waals surface area contributed by atoms with Gasteiger partial charge in [-0.05, 0) is 40.5 Å². The second kappa shape index (κ2) is 5.23. The quantitative estimate of drug-likeness (QED) is 0.944. The Morgan fingerprint density at radius 1 is 1.41 bits per heavy atom. The van der Waals surface area contributed by atoms with Crippen LogP contribution in [-0.2, 0) is 6.54 Å². The smallest absolute Gasteiger partial charge is 0.166 e. The normalized spacial score (nSPS) is 10.3. The molecule has 17 heavy (non-hydrogen) atoms. The zero-order valence-electron chi connectivity index (χ0n) is 9.24. The van der Waals surface area contributed by atoms with Crippen molar-refractivity contribution in [3.63, 3.8) is 0 Å². The Balaban J connectivity index is 2.10. The molecule has 0 bridgehead atoms. The van der Waals surface area contributed by atoms with Crippen LogP contribution in [0.5, 0.6) is 0 Å². The third-order valence-corrected chi connectivity index (χ3v) is 2.78. The number of aryl methyl sites for hydroxylation is 1. The zero-order valence-corrected chi connectivity index (χ0v) is 10.8. The van der Waals surface area contributed by atoms with Crippen LogP contribution in [0.4, 0.5) is 10.2 Å². The molecule has 0 unspecified atom stereocenters. The van der Waals surface area contributed by atoms with Crippen molar-refractivity contribution in [2.24, 2.45) is 0 Å². The first-order chi connectivity index (χ1) is 8.16. The third-order valence-electron chi connectivity index (χ3n) is 2.35. The lowest BCUT2D eigenvalue weighted by Gasteiger charge is -2.08. The van der Waals surface area contributed by atoms with E-state index in [1.54, 1.807) is 12.4 Å². The number of aromatic nitrogens is 2. The summed E-state index contributed by atoms with van der Waals surface area (Å²) in [5, 5.41) is 2.93. The Labute approximate surface area is 107 Å². The van der Waals surface area contributed by atoms with Gasteiger partial charge in [0, 0.05) is 16.9 Å². The fraction of sp³-hybridized carbons (Fsp3) is 0.167. The second-order valence-corrected chi connectivity index (χ2v) is 4.52. The second-order valence-electron chi connectivity index (χ2n) is 3.60. The van der Waals surface area contributed by atoms with Crippen LogP contribution >= 0.6 is 15.9 Å². The average Bonchev–Trinajstić information content (AvgIpc) is 2.30. The topological polar surface area (TPSA) is 37.8 Å². The van der Waals surface area contributed by atoms with Crippen LogP contribution in [0.15, 0.2) is 35.1 Å². The summed E-state index contributed by atoms with van der Waals surface area (Å²) in [5.74, 6) is -0.147. The lowest BCUT2D eigenvalue weighted by atomic mass is 10.2. The molecule has 2 aromatic rings. The van der Waals surface area contributed by atoms with Crippen molar-refractivity contribution < 1.29 is 4.39 Å². The van der Waals surface area contributed by atoms with E-state index in [2.05, 4.69) is 31.2 Å². The highest BCUT2D eigenvalue weighted by molar-refractivity contribution is 9.10. The third kappa shape index (κ3) is 3.00. The maximum Gasteiger partial charge on any atom is 0.166 e. The predicted molar refractivity (Wildman–Crippen MR) is 68.2 cm³/mol. The van der Waals surface area contributed by atoms with Gasteiger partial charge < -0.3 is 5.32 Å². The summed E-state index contributed by atoms with van der Waals surface area (Å²) in [5.41, 5.74) is 1.95. The van der Waals surface area contributed by atoms with Gasteiger partial charge in [0.25, 0.3) is 0 Å². The molecule has 0 fully saturated rings. The number of anilines is 1. The van der Waals surface area contributed by atoms with Crippen molar-refractivity contribution in [2.45, 2.75) is 13.5 Å². The van der Waals surface area contributed by atoms with E-state index in [1.165, 1.54) is 6.07 Å². The van der Waals surface area contributed by atoms with Crippen LogP contribution in [0.2, 0.25) is 0 Å². The van der Waals surface area contributed by atoms with Gasteiger partial charge in [-0.15, -0.1) is 0 Å². The molecule has 0 spiro atoms. The summed E-state index contributed by atoms with van der Waals surface area (Å²) in [4.78, 5) is 8.18. The number of nitrogens with one attached hydrogen (secondary N) is 1. The molecule has 0 atom stereocenters. The highest BCUT2D eigenvalue weighted by Gasteiger charge is 2.05. The number of pyridine rings is 2. The molecule has 0 aromatic carbocycles. The first-order valence-electron chi connectivity index (χ1n) is 5.12. The van der Waals surface area contributed by atoms with Gasteiger partial charge in [-0.1, -0.05) is 6.07 Å². The summed E-state index contributed by atoms with van der Waals surface area (Å²) < 4.78 is 14.1. The minimum Gasteiger partial charge on any atom is -0.362 e. The minimum atomic E-state index is -0.382. The largest absolute Gasteiger partial charge is 0.362 e. The molecule has 0 aliphatic carbocycles. The van der Waals surface area contributed by atoms with Crippen LogP contribution in [0.25, 0.3) is 0 Å². The molecule has 0 aliphatic rings. The standard InChI is InChI=1S/C12H11BrFN3/c1-8-3-2-4-15-11(8)7-17-12-10(14)5-9(13)6-16-12/h2-6H,7H2,1H3,(H,16,17). The minimum absolute atomic E-state index is 0.234. The molecule has 0 saturated heterocycles. The van der Waals surface area contributed by atoms with Gasteiger partial charge in [-0.25, -0.2) is 9.37 Å². The van der Waals surface area contributed by atoms with E-state index in [1.807, 2.05) is 19.1 Å². The highest BCUT2D eigenvalue weighted by Crippen LogP contribution is 2.16. The molecule has 2 aromatic heterocycles. The van der Waals surface area contributed by atoms with E-state index in [9.17, 15) is 4.39 Å². The average molecular weight is 296 g/mol. The van der Waals surface area contributed by atoms with Gasteiger partial charge in [0.2, 0.25) is 0 Å². The Bertz CT molecular complexity index is 531. The Morgan fingerprint density at radius 2 is 2.24 bits per heavy atom. The Morgan fingerprint density at radius 3 is 2.94 bits per heavy atom. The summed E-state index contributed by atoms with van der Waals surface area (Å²) >= 11 is 3.16. The van der Waals surface area contributed by atoms with Gasteiger partial charge in [0.05, 0.1) is 12.2 Å². The van der Waals surface area contributed by atoms with Crippen molar-refractivity contribution in [3.8, 4) is 0 Å². The van der Waals surface area contributed by atoms with Gasteiger partial charge in [0.15, 0.2) is 11.6 Å². The SMILES string of the molecule is Cc1cccnc1CNc1ncc(Br)cc1F. The van der Waals surface area contributed by atoms with Crippen LogP contribution in [-0.4, -0.2) is 9.97 Å². The Hall–Kier alpha value is -1.49. The number of hydrogen-bond acceptors (Lipinski definition) is 3. The Kier molecular flexibility index (Phi) is 3.68. The van der Waals surface area contributed by atoms with E-state index < -0.39 is 0 Å². The van der Waals surface area contributed by atoms with Gasteiger partial charge in [-0.2, -0.15) is 0 Å². The van der Waals surface area contributed by atoms with Crippen LogP contribution in [0.1, 0.15) is 11.3 Å². The lowest BCUT2D eigenvalue weighted by Crippen LogP contribution is -2.06. The van der Waals surface area contributed by atoms with Gasteiger partial charge in [0.1, 0.15) is 0 Å². The van der Waals surface area contributed by atoms with Crippen molar-refractivity contribution in [1.29, 1.82) is 0 Å². The molecular formula is C12H11BrFN3. The van der Waals surface area contributed by atoms with Crippen LogP contribution in [0, 0.1) is 12.7 Å². The molecule has 5 heteroatoms. The number of nitrogens with zero attached hydrogens (tertiary/aromatic N) is 2. The molecule has 1 N–H and O–H groups in total. The summed E-state index contributed by atoms with van der Waals surface area (Å²) in [7, 11) is 0. The predicted octanol–water partition coefficient (Wildman–Crippen LogP) is 3.30. The molecule has 0 saturated carbocycles. The maximum atomic E-state index is 13.5. The molecule has 0 amide bonds. The van der Waals surface area contributed by atoms with Crippen molar-refractivity contribution >= 4 is 21.7 Å². The van der Waals surface area contributed by atoms with E-state index in [4.69, 9.17) is 0 Å². The molecule has 2 rings (SSSR count). The fourth-order valence-corrected chi connectivity index (χ4v) is 1.72. The van der Waals surface area contributed by atoms with Crippen molar-refractivity contribution in [1.82, 2.24) is 9.97 Å². The maximum absolute atomic E-state index is 13.5. The first kappa shape index (κ1) is 12.0. The van der Waals surface area contributed by atoms with Crippen LogP contribution < -0.4 is 5.32 Å². The van der Waals surface area contributed by atoms with Crippen LogP contribution in [0.3, 0.4) is 0 Å². The molecule has 0 aliphatic heterocycles. The van der Waals surface area contributed by atoms with Gasteiger partial charge >= 0.3 is 0 Å². The molecular weight excluding hydrogens is 285 g/mol. The molecule has 3 nitrogen and oxygen atoms in total. The van der Waals surface area contributed by atoms with E-state index in [0.29, 0.717) is 11.0 Å². The molecule has 88 valence electrons. The van der Waals surface area contributed by atoms with Gasteiger partial charge in [-0.3, -0.25) is 4.98 Å². The molecule has 2 heterocycles. The summed E-state index contributed by atoms with van der Waals surface area (Å²) in [6.07, 6.45) is 3.27. The number of halogens is 2. The van der Waals surface area contributed by atoms with E-state index in [0.717, 1.165) is 11.3 Å². The first-order valence-corrected chi connectivity index (χ1v) is 5.91. The highest BCUT2D eigenvalue weighted by atomic mass is 79.9. The molecule has 0 radical (unpaired) electrons. The zero-order chi connectivity index (χ0) is 12.3. The fourth-order valence-electron chi connectivity index (χ4n) is 1.42. The number of rotatable bonds is 3. The summed E-state index contributed by atoms with van der Waals surface area (Å²) in [6.45, 7) is 2.42. The monoisotopic (exact) mass is 295 g/mol. The van der Waals surface area contributed by atoms with E-state index in [-0.39, 0.29) is 11.6 Å². The summed E-state index contributed by atoms with van der Waals surface area (Å²) in [6, 6.07) is 5.22. The van der Waals surface area contributed by atoms with Crippen molar-refractivity contribution in [2.75, 3.05) is 5.32 Å². The number of hydrogen-bond donors (Lipinski definition) is 1. The van der Waals surface area contributed by atoms with E-state index >= 15 is 0 Å². The van der Waals surface area contributed by atoms with Crippen molar-refractivity contribution in [3.05, 3.63) is 52.1 Å².